The Morgan fingerprint density at radius 3 is 2.67 bits per heavy atom. The smallest absolute Gasteiger partial charge is 0.195 e. The molecule has 1 aliphatic heterocycles. The summed E-state index contributed by atoms with van der Waals surface area (Å²) in [5.74, 6) is 0.499. The van der Waals surface area contributed by atoms with Gasteiger partial charge in [-0.15, -0.1) is 0 Å². The van der Waals surface area contributed by atoms with Gasteiger partial charge in [-0.05, 0) is 18.5 Å². The maximum absolute atomic E-state index is 11.8. The number of hydrogen-bond acceptors (Lipinski definition) is 4. The lowest BCUT2D eigenvalue weighted by atomic mass is 10.0. The zero-order chi connectivity index (χ0) is 16.8. The standard InChI is InChI=1S/C19H21N3OS/c1-12(2)13-4-6-14(7-5-13)18-16(11-23)22-15-8-9-21(3)10-17(15)24-19(22)20-18/h4-7,11-12H,8-10H2,1-3H3. The third-order valence-electron chi connectivity index (χ3n) is 4.79. The molecule has 0 aliphatic carbocycles. The van der Waals surface area contributed by atoms with Crippen molar-refractivity contribution in [1.29, 1.82) is 0 Å². The first kappa shape index (κ1) is 15.5. The fourth-order valence-corrected chi connectivity index (χ4v) is 4.63. The lowest BCUT2D eigenvalue weighted by Crippen LogP contribution is -2.26. The normalized spacial score (nSPS) is 15.2. The topological polar surface area (TPSA) is 37.6 Å². The Balaban J connectivity index is 1.84. The molecule has 0 bridgehead atoms. The molecule has 0 amide bonds. The molecule has 0 saturated heterocycles. The van der Waals surface area contributed by atoms with Crippen LogP contribution in [0.1, 0.15) is 46.4 Å². The average Bonchev–Trinajstić information content (AvgIpc) is 3.09. The molecule has 0 atom stereocenters. The molecule has 1 aromatic carbocycles. The minimum absolute atomic E-state index is 0.499. The highest BCUT2D eigenvalue weighted by atomic mass is 32.1. The highest BCUT2D eigenvalue weighted by molar-refractivity contribution is 7.17. The summed E-state index contributed by atoms with van der Waals surface area (Å²) in [4.78, 5) is 21.2. The molecule has 124 valence electrons. The van der Waals surface area contributed by atoms with E-state index in [1.54, 1.807) is 11.3 Å². The highest BCUT2D eigenvalue weighted by Gasteiger charge is 2.24. The molecule has 24 heavy (non-hydrogen) atoms. The number of imidazole rings is 1. The molecule has 1 aliphatic rings. The minimum Gasteiger partial charge on any atom is -0.301 e. The molecule has 3 aromatic rings. The van der Waals surface area contributed by atoms with E-state index in [0.29, 0.717) is 11.6 Å². The molecule has 0 saturated carbocycles. The van der Waals surface area contributed by atoms with Gasteiger partial charge in [0.05, 0.1) is 0 Å². The van der Waals surface area contributed by atoms with Gasteiger partial charge in [0.25, 0.3) is 0 Å². The van der Waals surface area contributed by atoms with Crippen molar-refractivity contribution in [2.75, 3.05) is 13.6 Å². The van der Waals surface area contributed by atoms with Gasteiger partial charge in [0.15, 0.2) is 11.2 Å². The van der Waals surface area contributed by atoms with E-state index >= 15 is 0 Å². The summed E-state index contributed by atoms with van der Waals surface area (Å²) in [6, 6.07) is 8.42. The van der Waals surface area contributed by atoms with Crippen molar-refractivity contribution in [1.82, 2.24) is 14.3 Å². The van der Waals surface area contributed by atoms with Crippen molar-refractivity contribution < 1.29 is 4.79 Å². The Hall–Kier alpha value is -1.98. The third kappa shape index (κ3) is 2.39. The third-order valence-corrected chi connectivity index (χ3v) is 5.86. The number of benzene rings is 1. The van der Waals surface area contributed by atoms with Crippen LogP contribution in [-0.2, 0) is 13.0 Å². The Morgan fingerprint density at radius 1 is 1.25 bits per heavy atom. The van der Waals surface area contributed by atoms with Crippen LogP contribution in [0.25, 0.3) is 16.2 Å². The largest absolute Gasteiger partial charge is 0.301 e. The van der Waals surface area contributed by atoms with Crippen LogP contribution in [0.15, 0.2) is 24.3 Å². The van der Waals surface area contributed by atoms with Crippen molar-refractivity contribution in [3.63, 3.8) is 0 Å². The summed E-state index contributed by atoms with van der Waals surface area (Å²) < 4.78 is 2.08. The molecule has 4 rings (SSSR count). The Labute approximate surface area is 145 Å². The number of rotatable bonds is 3. The van der Waals surface area contributed by atoms with Crippen molar-refractivity contribution in [2.45, 2.75) is 32.7 Å². The summed E-state index contributed by atoms with van der Waals surface area (Å²) in [6.45, 7) is 6.33. The number of likely N-dealkylation sites (N-methyl/N-ethyl adjacent to an activating group) is 1. The molecule has 0 fully saturated rings. The molecule has 2 aromatic heterocycles. The second-order valence-electron chi connectivity index (χ2n) is 6.82. The lowest BCUT2D eigenvalue weighted by Gasteiger charge is -2.21. The van der Waals surface area contributed by atoms with Gasteiger partial charge in [0.1, 0.15) is 11.4 Å². The van der Waals surface area contributed by atoms with Crippen LogP contribution in [0.4, 0.5) is 0 Å². The SMILES string of the molecule is CC(C)c1ccc(-c2nc3sc4c(n3c2C=O)CCN(C)C4)cc1. The molecule has 5 heteroatoms. The Morgan fingerprint density at radius 2 is 2.00 bits per heavy atom. The van der Waals surface area contributed by atoms with E-state index in [-0.39, 0.29) is 0 Å². The summed E-state index contributed by atoms with van der Waals surface area (Å²) in [6.07, 6.45) is 1.92. The molecule has 4 nitrogen and oxygen atoms in total. The molecule has 0 N–H and O–H groups in total. The summed E-state index contributed by atoms with van der Waals surface area (Å²) >= 11 is 1.71. The number of hydrogen-bond donors (Lipinski definition) is 0. The molecule has 3 heterocycles. The first-order chi connectivity index (χ1) is 11.6. The summed E-state index contributed by atoms with van der Waals surface area (Å²) in [5, 5.41) is 0. The molecule has 0 radical (unpaired) electrons. The lowest BCUT2D eigenvalue weighted by molar-refractivity contribution is 0.111. The van der Waals surface area contributed by atoms with Crippen molar-refractivity contribution in [3.05, 3.63) is 46.1 Å². The van der Waals surface area contributed by atoms with Gasteiger partial charge < -0.3 is 4.90 Å². The van der Waals surface area contributed by atoms with Gasteiger partial charge in [-0.2, -0.15) is 0 Å². The van der Waals surface area contributed by atoms with Gasteiger partial charge in [-0.1, -0.05) is 49.4 Å². The van der Waals surface area contributed by atoms with Gasteiger partial charge in [-0.3, -0.25) is 9.20 Å². The fourth-order valence-electron chi connectivity index (χ4n) is 3.38. The fraction of sp³-hybridized carbons (Fsp3) is 0.368. The predicted octanol–water partition coefficient (Wildman–Crippen LogP) is 3.99. The maximum Gasteiger partial charge on any atom is 0.195 e. The highest BCUT2D eigenvalue weighted by Crippen LogP contribution is 2.33. The van der Waals surface area contributed by atoms with E-state index in [2.05, 4.69) is 54.5 Å². The monoisotopic (exact) mass is 339 g/mol. The number of fused-ring (bicyclic) bond motifs is 3. The second kappa shape index (κ2) is 5.83. The molecular formula is C19H21N3OS. The van der Waals surface area contributed by atoms with Crippen LogP contribution < -0.4 is 0 Å². The van der Waals surface area contributed by atoms with Gasteiger partial charge in [0.2, 0.25) is 0 Å². The van der Waals surface area contributed by atoms with E-state index in [4.69, 9.17) is 4.98 Å². The van der Waals surface area contributed by atoms with Gasteiger partial charge >= 0.3 is 0 Å². The Bertz CT molecular complexity index is 905. The van der Waals surface area contributed by atoms with Crippen LogP contribution in [0.2, 0.25) is 0 Å². The number of carbonyl (C=O) groups is 1. The summed E-state index contributed by atoms with van der Waals surface area (Å²) in [5.41, 5.74) is 5.05. The first-order valence-corrected chi connectivity index (χ1v) is 9.17. The number of aldehydes is 1. The zero-order valence-corrected chi connectivity index (χ0v) is 15.1. The van der Waals surface area contributed by atoms with Crippen LogP contribution in [0.3, 0.4) is 0 Å². The van der Waals surface area contributed by atoms with E-state index in [1.807, 2.05) is 0 Å². The van der Waals surface area contributed by atoms with Crippen LogP contribution in [-0.4, -0.2) is 34.2 Å². The van der Waals surface area contributed by atoms with Crippen molar-refractivity contribution in [3.8, 4) is 11.3 Å². The summed E-state index contributed by atoms with van der Waals surface area (Å²) in [7, 11) is 2.13. The van der Waals surface area contributed by atoms with E-state index < -0.39 is 0 Å². The second-order valence-corrected chi connectivity index (χ2v) is 7.88. The predicted molar refractivity (Wildman–Crippen MR) is 98.0 cm³/mol. The zero-order valence-electron chi connectivity index (χ0n) is 14.2. The quantitative estimate of drug-likeness (QED) is 0.677. The number of thiazole rings is 1. The first-order valence-electron chi connectivity index (χ1n) is 8.35. The van der Waals surface area contributed by atoms with Gasteiger partial charge in [0, 0.05) is 35.6 Å². The molecule has 0 unspecified atom stereocenters. The molecular weight excluding hydrogens is 318 g/mol. The van der Waals surface area contributed by atoms with E-state index in [0.717, 1.165) is 42.0 Å². The van der Waals surface area contributed by atoms with Crippen molar-refractivity contribution in [2.24, 2.45) is 0 Å². The van der Waals surface area contributed by atoms with E-state index in [9.17, 15) is 4.79 Å². The van der Waals surface area contributed by atoms with Crippen LogP contribution in [0, 0.1) is 0 Å². The number of carbonyl (C=O) groups excluding carboxylic acids is 1. The van der Waals surface area contributed by atoms with Crippen LogP contribution >= 0.6 is 11.3 Å². The van der Waals surface area contributed by atoms with Crippen molar-refractivity contribution >= 4 is 22.6 Å². The number of nitrogens with zero attached hydrogens (tertiary/aromatic N) is 3. The van der Waals surface area contributed by atoms with Gasteiger partial charge in [-0.25, -0.2) is 4.98 Å². The van der Waals surface area contributed by atoms with E-state index in [1.165, 1.54) is 16.1 Å². The average molecular weight is 339 g/mol. The van der Waals surface area contributed by atoms with Crippen LogP contribution in [0.5, 0.6) is 0 Å². The minimum atomic E-state index is 0.499. The Kier molecular flexibility index (Phi) is 3.77. The maximum atomic E-state index is 11.8. The number of aromatic nitrogens is 2. The molecule has 0 spiro atoms.